The fraction of sp³-hybridized carbons (Fsp3) is 0.556. The fourth-order valence-corrected chi connectivity index (χ4v) is 5.64. The first-order valence-corrected chi connectivity index (χ1v) is 8.82. The lowest BCUT2D eigenvalue weighted by Gasteiger charge is -2.43. The molecule has 0 radical (unpaired) electrons. The SMILES string of the molecule is C[C@@]12C[C@H](O)[C@]3(CCO[C@H]4[C@@H]3[C@@H]1C(=O)N4c1ccc(C#N)c(Cl)c1)O2. The summed E-state index contributed by atoms with van der Waals surface area (Å²) in [6.07, 6.45) is 0.000110. The van der Waals surface area contributed by atoms with E-state index in [2.05, 4.69) is 0 Å². The molecule has 5 rings (SSSR count). The Balaban J connectivity index is 1.62. The molecule has 4 saturated heterocycles. The van der Waals surface area contributed by atoms with E-state index in [1.54, 1.807) is 23.1 Å². The Kier molecular flexibility index (Phi) is 2.96. The molecule has 0 unspecified atom stereocenters. The van der Waals surface area contributed by atoms with Crippen LogP contribution in [0.15, 0.2) is 18.2 Å². The second-order valence-corrected chi connectivity index (χ2v) is 8.00. The van der Waals surface area contributed by atoms with Crippen LogP contribution in [0.1, 0.15) is 25.3 Å². The van der Waals surface area contributed by atoms with E-state index in [4.69, 9.17) is 26.3 Å². The van der Waals surface area contributed by atoms with Crippen molar-refractivity contribution in [1.82, 2.24) is 0 Å². The number of ether oxygens (including phenoxy) is 2. The van der Waals surface area contributed by atoms with Gasteiger partial charge in [0.05, 0.1) is 40.7 Å². The number of aliphatic hydroxyl groups excluding tert-OH is 1. The fourth-order valence-electron chi connectivity index (χ4n) is 5.42. The molecule has 4 heterocycles. The standard InChI is InChI=1S/C18H17ClN2O4/c1-17-7-12(22)18(25-17)4-5-24-16-14(18)13(17)15(23)21(16)10-3-2-9(8-20)11(19)6-10/h2-3,6,12-14,16,22H,4-5,7H2,1H3/t12-,13+,14-,16-,17+,18-/m0/s1. The number of aliphatic hydroxyl groups is 1. The smallest absolute Gasteiger partial charge is 0.235 e. The summed E-state index contributed by atoms with van der Waals surface area (Å²) in [5, 5.41) is 20.0. The van der Waals surface area contributed by atoms with Gasteiger partial charge in [0, 0.05) is 18.5 Å². The third kappa shape index (κ3) is 1.72. The number of carbonyl (C=O) groups excluding carboxylic acids is 1. The average molecular weight is 361 g/mol. The molecule has 7 heteroatoms. The molecule has 2 bridgehead atoms. The van der Waals surface area contributed by atoms with Crippen LogP contribution in [0.3, 0.4) is 0 Å². The Bertz CT molecular complexity index is 839. The molecule has 6 atom stereocenters. The van der Waals surface area contributed by atoms with E-state index >= 15 is 0 Å². The molecule has 4 aliphatic rings. The summed E-state index contributed by atoms with van der Waals surface area (Å²) in [7, 11) is 0. The van der Waals surface area contributed by atoms with E-state index in [1.807, 2.05) is 13.0 Å². The van der Waals surface area contributed by atoms with Gasteiger partial charge in [-0.05, 0) is 25.1 Å². The molecule has 0 aromatic heterocycles. The molecule has 6 nitrogen and oxygen atoms in total. The van der Waals surface area contributed by atoms with E-state index < -0.39 is 23.5 Å². The number of nitriles is 1. The van der Waals surface area contributed by atoms with Crippen LogP contribution in [0.4, 0.5) is 5.69 Å². The first-order valence-electron chi connectivity index (χ1n) is 8.44. The topological polar surface area (TPSA) is 82.8 Å². The van der Waals surface area contributed by atoms with Crippen LogP contribution in [-0.2, 0) is 14.3 Å². The lowest BCUT2D eigenvalue weighted by Crippen LogP contribution is -2.56. The maximum Gasteiger partial charge on any atom is 0.235 e. The Morgan fingerprint density at radius 1 is 1.48 bits per heavy atom. The van der Waals surface area contributed by atoms with Crippen LogP contribution < -0.4 is 4.90 Å². The van der Waals surface area contributed by atoms with Crippen molar-refractivity contribution < 1.29 is 19.4 Å². The number of fused-ring (bicyclic) bond motifs is 2. The molecule has 4 fully saturated rings. The van der Waals surface area contributed by atoms with Crippen molar-refractivity contribution in [3.05, 3.63) is 28.8 Å². The third-order valence-corrected chi connectivity index (χ3v) is 6.68. The van der Waals surface area contributed by atoms with Gasteiger partial charge in [-0.3, -0.25) is 9.69 Å². The highest BCUT2D eigenvalue weighted by Crippen LogP contribution is 2.65. The molecule has 130 valence electrons. The normalized spacial score (nSPS) is 44.1. The molecule has 0 aliphatic carbocycles. The predicted molar refractivity (Wildman–Crippen MR) is 87.8 cm³/mol. The molecule has 1 amide bonds. The lowest BCUT2D eigenvalue weighted by molar-refractivity contribution is -0.163. The summed E-state index contributed by atoms with van der Waals surface area (Å²) >= 11 is 6.16. The number of hydrogen-bond acceptors (Lipinski definition) is 5. The summed E-state index contributed by atoms with van der Waals surface area (Å²) in [4.78, 5) is 14.9. The molecule has 1 N–H and O–H groups in total. The Labute approximate surface area is 149 Å². The minimum atomic E-state index is -0.705. The van der Waals surface area contributed by atoms with Gasteiger partial charge in [-0.2, -0.15) is 5.26 Å². The number of hydrogen-bond donors (Lipinski definition) is 1. The Morgan fingerprint density at radius 3 is 3.00 bits per heavy atom. The minimum absolute atomic E-state index is 0.0612. The zero-order chi connectivity index (χ0) is 17.6. The van der Waals surface area contributed by atoms with Crippen LogP contribution in [0, 0.1) is 23.2 Å². The summed E-state index contributed by atoms with van der Waals surface area (Å²) in [5.41, 5.74) is -0.395. The van der Waals surface area contributed by atoms with Gasteiger partial charge in [0.2, 0.25) is 5.91 Å². The van der Waals surface area contributed by atoms with Gasteiger partial charge in [-0.25, -0.2) is 0 Å². The Hall–Kier alpha value is -1.65. The highest BCUT2D eigenvalue weighted by Gasteiger charge is 2.78. The van der Waals surface area contributed by atoms with E-state index in [0.29, 0.717) is 35.7 Å². The van der Waals surface area contributed by atoms with Gasteiger partial charge >= 0.3 is 0 Å². The van der Waals surface area contributed by atoms with E-state index in [1.165, 1.54) is 0 Å². The number of amides is 1. The molecular weight excluding hydrogens is 344 g/mol. The zero-order valence-electron chi connectivity index (χ0n) is 13.6. The summed E-state index contributed by atoms with van der Waals surface area (Å²) in [6.45, 7) is 2.34. The molecule has 1 aromatic rings. The largest absolute Gasteiger partial charge is 0.390 e. The maximum absolute atomic E-state index is 13.3. The number of rotatable bonds is 1. The first-order chi connectivity index (χ1) is 11.9. The zero-order valence-corrected chi connectivity index (χ0v) is 14.4. The summed E-state index contributed by atoms with van der Waals surface area (Å²) < 4.78 is 12.2. The molecule has 0 saturated carbocycles. The van der Waals surface area contributed by atoms with Gasteiger partial charge < -0.3 is 14.6 Å². The van der Waals surface area contributed by atoms with Crippen molar-refractivity contribution >= 4 is 23.2 Å². The number of anilines is 1. The van der Waals surface area contributed by atoms with Crippen LogP contribution in [0.5, 0.6) is 0 Å². The average Bonchev–Trinajstić information content (AvgIpc) is 3.11. The number of nitrogens with zero attached hydrogens (tertiary/aromatic N) is 2. The summed E-state index contributed by atoms with van der Waals surface area (Å²) in [6, 6.07) is 6.98. The third-order valence-electron chi connectivity index (χ3n) is 6.36. The monoisotopic (exact) mass is 360 g/mol. The van der Waals surface area contributed by atoms with Crippen molar-refractivity contribution in [2.45, 2.75) is 43.3 Å². The van der Waals surface area contributed by atoms with Gasteiger partial charge in [-0.1, -0.05) is 11.6 Å². The van der Waals surface area contributed by atoms with Gasteiger partial charge in [0.1, 0.15) is 17.9 Å². The molecule has 1 aromatic carbocycles. The van der Waals surface area contributed by atoms with E-state index in [9.17, 15) is 9.90 Å². The van der Waals surface area contributed by atoms with Crippen molar-refractivity contribution in [3.63, 3.8) is 0 Å². The highest BCUT2D eigenvalue weighted by atomic mass is 35.5. The van der Waals surface area contributed by atoms with Crippen molar-refractivity contribution in [1.29, 1.82) is 5.26 Å². The molecule has 4 aliphatic heterocycles. The van der Waals surface area contributed by atoms with Crippen LogP contribution in [-0.4, -0.2) is 41.2 Å². The molecule has 1 spiro atoms. The van der Waals surface area contributed by atoms with Crippen LogP contribution >= 0.6 is 11.6 Å². The predicted octanol–water partition coefficient (Wildman–Crippen LogP) is 1.83. The van der Waals surface area contributed by atoms with Crippen molar-refractivity contribution in [2.24, 2.45) is 11.8 Å². The molecular formula is C18H17ClN2O4. The van der Waals surface area contributed by atoms with Crippen molar-refractivity contribution in [3.8, 4) is 6.07 Å². The number of carbonyl (C=O) groups is 1. The van der Waals surface area contributed by atoms with Crippen molar-refractivity contribution in [2.75, 3.05) is 11.5 Å². The van der Waals surface area contributed by atoms with Crippen LogP contribution in [0.2, 0.25) is 5.02 Å². The van der Waals surface area contributed by atoms with E-state index in [0.717, 1.165) is 0 Å². The van der Waals surface area contributed by atoms with E-state index in [-0.39, 0.29) is 17.7 Å². The first kappa shape index (κ1) is 15.6. The Morgan fingerprint density at radius 2 is 2.28 bits per heavy atom. The highest BCUT2D eigenvalue weighted by molar-refractivity contribution is 6.32. The minimum Gasteiger partial charge on any atom is -0.390 e. The van der Waals surface area contributed by atoms with Gasteiger partial charge in [-0.15, -0.1) is 0 Å². The molecule has 25 heavy (non-hydrogen) atoms. The quantitative estimate of drug-likeness (QED) is 0.826. The van der Waals surface area contributed by atoms with Crippen LogP contribution in [0.25, 0.3) is 0 Å². The number of halogens is 1. The number of benzene rings is 1. The van der Waals surface area contributed by atoms with Gasteiger partial charge in [0.25, 0.3) is 0 Å². The second-order valence-electron chi connectivity index (χ2n) is 7.59. The van der Waals surface area contributed by atoms with Gasteiger partial charge in [0.15, 0.2) is 0 Å². The maximum atomic E-state index is 13.3. The second kappa shape index (κ2) is 4.74. The summed E-state index contributed by atoms with van der Waals surface area (Å²) in [5.74, 6) is -0.596. The lowest BCUT2D eigenvalue weighted by atomic mass is 9.65.